The van der Waals surface area contributed by atoms with Crippen LogP contribution in [-0.2, 0) is 30.6 Å². The number of hydrogen-bond donors (Lipinski definition) is 1. The second-order valence-corrected chi connectivity index (χ2v) is 12.2. The van der Waals surface area contributed by atoms with Crippen LogP contribution >= 0.6 is 23.2 Å². The molecular weight excluding hydrogens is 555 g/mol. The minimum Gasteiger partial charge on any atom is -0.324 e. The molecule has 3 amide bonds. The number of imide groups is 1. The fourth-order valence-electron chi connectivity index (χ4n) is 7.06. The SMILES string of the molecule is Cc1ccccc1NC(=O)[C@H](Cc1ccccc1)N1C(=O)[C@@H]2[C@@H](C1=O)C1(Cl)c3ccccc3C2(Cl)c2ccccc21. The van der Waals surface area contributed by atoms with Gasteiger partial charge in [0, 0.05) is 12.1 Å². The Morgan fingerprint density at radius 3 is 1.66 bits per heavy atom. The van der Waals surface area contributed by atoms with Crippen molar-refractivity contribution < 1.29 is 14.4 Å². The van der Waals surface area contributed by atoms with Gasteiger partial charge in [-0.3, -0.25) is 19.3 Å². The first-order valence-electron chi connectivity index (χ1n) is 13.6. The molecule has 0 unspecified atom stereocenters. The van der Waals surface area contributed by atoms with Crippen molar-refractivity contribution in [2.45, 2.75) is 29.1 Å². The van der Waals surface area contributed by atoms with Gasteiger partial charge in [-0.1, -0.05) is 97.1 Å². The van der Waals surface area contributed by atoms with Crippen LogP contribution < -0.4 is 5.32 Å². The predicted molar refractivity (Wildman–Crippen MR) is 159 cm³/mol. The van der Waals surface area contributed by atoms with Gasteiger partial charge in [-0.2, -0.15) is 0 Å². The molecular formula is C34H26Cl2N2O3. The topological polar surface area (TPSA) is 66.5 Å². The highest BCUT2D eigenvalue weighted by atomic mass is 35.5. The van der Waals surface area contributed by atoms with Crippen LogP contribution in [-0.4, -0.2) is 28.7 Å². The molecule has 4 aromatic rings. The Morgan fingerprint density at radius 2 is 1.17 bits per heavy atom. The lowest BCUT2D eigenvalue weighted by atomic mass is 9.54. The number of amides is 3. The van der Waals surface area contributed by atoms with E-state index in [2.05, 4.69) is 5.32 Å². The van der Waals surface area contributed by atoms with Gasteiger partial charge in [-0.05, 0) is 46.4 Å². The number of para-hydroxylation sites is 1. The molecule has 204 valence electrons. The molecule has 0 spiro atoms. The van der Waals surface area contributed by atoms with E-state index in [0.29, 0.717) is 5.69 Å². The molecule has 1 fully saturated rings. The van der Waals surface area contributed by atoms with E-state index in [1.807, 2.05) is 104 Å². The van der Waals surface area contributed by atoms with Crippen LogP contribution in [0.15, 0.2) is 103 Å². The van der Waals surface area contributed by atoms with Crippen molar-refractivity contribution in [1.29, 1.82) is 0 Å². The summed E-state index contributed by atoms with van der Waals surface area (Å²) in [5, 5.41) is 2.97. The maximum Gasteiger partial charge on any atom is 0.248 e. The van der Waals surface area contributed by atoms with Crippen LogP contribution in [0.5, 0.6) is 0 Å². The number of aryl methyl sites for hydroxylation is 1. The lowest BCUT2D eigenvalue weighted by Gasteiger charge is -2.54. The van der Waals surface area contributed by atoms with E-state index in [1.54, 1.807) is 6.07 Å². The fourth-order valence-corrected chi connectivity index (χ4v) is 8.16. The number of likely N-dealkylation sites (tertiary alicyclic amines) is 1. The van der Waals surface area contributed by atoms with Crippen molar-refractivity contribution in [3.63, 3.8) is 0 Å². The van der Waals surface area contributed by atoms with Gasteiger partial charge in [0.25, 0.3) is 0 Å². The summed E-state index contributed by atoms with van der Waals surface area (Å²) in [4.78, 5) is 41.6. The van der Waals surface area contributed by atoms with Gasteiger partial charge in [0.05, 0.1) is 11.8 Å². The summed E-state index contributed by atoms with van der Waals surface area (Å²) < 4.78 is 0. The summed E-state index contributed by atoms with van der Waals surface area (Å²) in [5.74, 6) is -3.35. The second-order valence-electron chi connectivity index (χ2n) is 11.0. The Morgan fingerprint density at radius 1 is 0.732 bits per heavy atom. The van der Waals surface area contributed by atoms with Gasteiger partial charge >= 0.3 is 0 Å². The van der Waals surface area contributed by atoms with Crippen LogP contribution in [0.2, 0.25) is 0 Å². The van der Waals surface area contributed by atoms with E-state index in [0.717, 1.165) is 38.3 Å². The molecule has 1 aliphatic heterocycles. The van der Waals surface area contributed by atoms with Gasteiger partial charge in [0.2, 0.25) is 17.7 Å². The first-order valence-corrected chi connectivity index (χ1v) is 14.4. The number of benzene rings is 4. The van der Waals surface area contributed by atoms with Gasteiger partial charge < -0.3 is 5.32 Å². The van der Waals surface area contributed by atoms with Crippen LogP contribution in [0.3, 0.4) is 0 Å². The number of nitrogens with zero attached hydrogens (tertiary/aromatic N) is 1. The normalized spacial score (nSPS) is 26.3. The quantitative estimate of drug-likeness (QED) is 0.228. The van der Waals surface area contributed by atoms with E-state index in [4.69, 9.17) is 23.2 Å². The zero-order valence-corrected chi connectivity index (χ0v) is 23.7. The zero-order valence-electron chi connectivity index (χ0n) is 22.2. The molecule has 3 atom stereocenters. The van der Waals surface area contributed by atoms with Gasteiger partial charge in [0.15, 0.2) is 0 Å². The average molecular weight is 581 g/mol. The standard InChI is InChI=1S/C34H26Cl2N2O3/c1-20-11-5-10-18-26(20)37-30(39)27(19-21-12-3-2-4-13-21)38-31(40)28-29(32(38)41)34(36)23-15-7-6-14-22(23)33(28,35)24-16-8-9-17-25(24)34/h2-18,27-29H,19H2,1H3,(H,37,39)/t27-,28-,29-,33?,34?/m0/s1. The zero-order chi connectivity index (χ0) is 28.5. The monoisotopic (exact) mass is 580 g/mol. The third kappa shape index (κ3) is 3.52. The molecule has 4 aliphatic rings. The van der Waals surface area contributed by atoms with Crippen molar-refractivity contribution in [1.82, 2.24) is 4.90 Å². The minimum absolute atomic E-state index is 0.153. The predicted octanol–water partition coefficient (Wildman–Crippen LogP) is 6.14. The summed E-state index contributed by atoms with van der Waals surface area (Å²) in [6.07, 6.45) is 0.153. The van der Waals surface area contributed by atoms with Crippen molar-refractivity contribution >= 4 is 46.6 Å². The van der Waals surface area contributed by atoms with E-state index < -0.39 is 45.3 Å². The van der Waals surface area contributed by atoms with Crippen LogP contribution in [0.4, 0.5) is 5.69 Å². The van der Waals surface area contributed by atoms with E-state index in [-0.39, 0.29) is 6.42 Å². The number of alkyl halides is 2. The molecule has 2 bridgehead atoms. The lowest BCUT2D eigenvalue weighted by Crippen LogP contribution is -2.57. The van der Waals surface area contributed by atoms with Gasteiger partial charge in [-0.25, -0.2) is 0 Å². The Bertz CT molecular complexity index is 1620. The number of anilines is 1. The third-order valence-corrected chi connectivity index (χ3v) is 10.2. The molecule has 4 aromatic carbocycles. The molecule has 1 heterocycles. The summed E-state index contributed by atoms with van der Waals surface area (Å²) >= 11 is 15.2. The molecule has 1 N–H and O–H groups in total. The summed E-state index contributed by atoms with van der Waals surface area (Å²) in [6, 6.07) is 30.7. The molecule has 7 heteroatoms. The highest BCUT2D eigenvalue weighted by molar-refractivity contribution is 6.36. The highest BCUT2D eigenvalue weighted by Gasteiger charge is 2.73. The van der Waals surface area contributed by atoms with Gasteiger partial charge in [0.1, 0.15) is 15.8 Å². The molecule has 8 rings (SSSR count). The molecule has 5 nitrogen and oxygen atoms in total. The molecule has 0 aromatic heterocycles. The number of carbonyl (C=O) groups excluding carboxylic acids is 3. The first kappa shape index (κ1) is 26.0. The molecule has 41 heavy (non-hydrogen) atoms. The van der Waals surface area contributed by atoms with Gasteiger partial charge in [-0.15, -0.1) is 23.2 Å². The van der Waals surface area contributed by atoms with Crippen molar-refractivity contribution in [2.75, 3.05) is 5.32 Å². The van der Waals surface area contributed by atoms with Crippen molar-refractivity contribution in [3.8, 4) is 0 Å². The fraction of sp³-hybridized carbons (Fsp3) is 0.206. The van der Waals surface area contributed by atoms with Crippen molar-refractivity contribution in [3.05, 3.63) is 137 Å². The molecule has 0 radical (unpaired) electrons. The van der Waals surface area contributed by atoms with E-state index >= 15 is 0 Å². The smallest absolute Gasteiger partial charge is 0.248 e. The number of hydrogen-bond acceptors (Lipinski definition) is 3. The largest absolute Gasteiger partial charge is 0.324 e. The Kier molecular flexibility index (Phi) is 5.90. The number of rotatable bonds is 5. The number of nitrogens with one attached hydrogen (secondary N) is 1. The lowest BCUT2D eigenvalue weighted by molar-refractivity contribution is -0.146. The third-order valence-electron chi connectivity index (χ3n) is 8.91. The summed E-state index contributed by atoms with van der Waals surface area (Å²) in [7, 11) is 0. The van der Waals surface area contributed by atoms with Crippen LogP contribution in [0, 0.1) is 18.8 Å². The number of carbonyl (C=O) groups is 3. The Labute approximate surface area is 248 Å². The Balaban J connectivity index is 1.37. The maximum absolute atomic E-state index is 14.5. The maximum atomic E-state index is 14.5. The van der Waals surface area contributed by atoms with Crippen LogP contribution in [0.1, 0.15) is 33.4 Å². The number of halogens is 2. The average Bonchev–Trinajstić information content (AvgIpc) is 3.27. The molecule has 3 aliphatic carbocycles. The summed E-state index contributed by atoms with van der Waals surface area (Å²) in [5.41, 5.74) is 5.22. The highest BCUT2D eigenvalue weighted by Crippen LogP contribution is 2.69. The van der Waals surface area contributed by atoms with E-state index in [1.165, 1.54) is 0 Å². The molecule has 0 saturated carbocycles. The van der Waals surface area contributed by atoms with Crippen LogP contribution in [0.25, 0.3) is 0 Å². The minimum atomic E-state index is -1.31. The molecule has 1 saturated heterocycles. The second kappa shape index (κ2) is 9.30. The first-order chi connectivity index (χ1) is 19.8. The summed E-state index contributed by atoms with van der Waals surface area (Å²) in [6.45, 7) is 1.89. The Hall–Kier alpha value is -3.93. The van der Waals surface area contributed by atoms with Crippen molar-refractivity contribution in [2.24, 2.45) is 11.8 Å². The van der Waals surface area contributed by atoms with E-state index in [9.17, 15) is 14.4 Å².